The first-order chi connectivity index (χ1) is 11.1. The summed E-state index contributed by atoms with van der Waals surface area (Å²) in [6, 6.07) is 15.2. The molecule has 0 amide bonds. The van der Waals surface area contributed by atoms with Crippen LogP contribution in [0.15, 0.2) is 53.4 Å². The summed E-state index contributed by atoms with van der Waals surface area (Å²) in [5.41, 5.74) is 1.49. The van der Waals surface area contributed by atoms with Gasteiger partial charge in [0.05, 0.1) is 5.56 Å². The highest BCUT2D eigenvalue weighted by atomic mass is 35.5. The van der Waals surface area contributed by atoms with E-state index >= 15 is 0 Å². The van der Waals surface area contributed by atoms with Crippen LogP contribution in [0, 0.1) is 0 Å². The van der Waals surface area contributed by atoms with E-state index in [1.165, 1.54) is 4.90 Å². The van der Waals surface area contributed by atoms with Crippen molar-refractivity contribution >= 4 is 29.3 Å². The van der Waals surface area contributed by atoms with Gasteiger partial charge in [-0.25, -0.2) is 4.79 Å². The third-order valence-electron chi connectivity index (χ3n) is 3.94. The minimum Gasteiger partial charge on any atom is -0.478 e. The Morgan fingerprint density at radius 2 is 2.04 bits per heavy atom. The van der Waals surface area contributed by atoms with Crippen LogP contribution >= 0.6 is 23.4 Å². The standard InChI is InChI=1S/C18H18ClNO2S/c19-15-2-1-3-16(10-15)23-17-8-9-20(12-17)11-13-4-6-14(7-5-13)18(21)22/h1-7,10,17H,8-9,11-12H2,(H,21,22). The van der Waals surface area contributed by atoms with Crippen molar-refractivity contribution in [1.82, 2.24) is 4.90 Å². The summed E-state index contributed by atoms with van der Waals surface area (Å²) in [7, 11) is 0. The first-order valence-corrected chi connectivity index (χ1v) is 8.83. The maximum Gasteiger partial charge on any atom is 0.335 e. The van der Waals surface area contributed by atoms with Crippen molar-refractivity contribution in [2.24, 2.45) is 0 Å². The molecular weight excluding hydrogens is 330 g/mol. The summed E-state index contributed by atoms with van der Waals surface area (Å²) < 4.78 is 0. The van der Waals surface area contributed by atoms with Crippen molar-refractivity contribution in [3.05, 3.63) is 64.7 Å². The van der Waals surface area contributed by atoms with Gasteiger partial charge < -0.3 is 5.11 Å². The lowest BCUT2D eigenvalue weighted by Gasteiger charge is -2.16. The Balaban J connectivity index is 1.54. The third-order valence-corrected chi connectivity index (χ3v) is 5.41. The molecule has 1 aliphatic rings. The fraction of sp³-hybridized carbons (Fsp3) is 0.278. The topological polar surface area (TPSA) is 40.5 Å². The van der Waals surface area contributed by atoms with Gasteiger partial charge in [0.1, 0.15) is 0 Å². The van der Waals surface area contributed by atoms with Crippen LogP contribution < -0.4 is 0 Å². The Morgan fingerprint density at radius 3 is 2.74 bits per heavy atom. The van der Waals surface area contributed by atoms with Gasteiger partial charge in [-0.2, -0.15) is 0 Å². The van der Waals surface area contributed by atoms with Crippen LogP contribution in [-0.2, 0) is 6.54 Å². The summed E-state index contributed by atoms with van der Waals surface area (Å²) in [5.74, 6) is -0.879. The molecule has 3 nitrogen and oxygen atoms in total. The summed E-state index contributed by atoms with van der Waals surface area (Å²) in [6.07, 6.45) is 1.16. The first-order valence-electron chi connectivity index (χ1n) is 7.57. The SMILES string of the molecule is O=C(O)c1ccc(CN2CCC(Sc3cccc(Cl)c3)C2)cc1. The Hall–Kier alpha value is -1.49. The summed E-state index contributed by atoms with van der Waals surface area (Å²) in [6.45, 7) is 2.98. The van der Waals surface area contributed by atoms with E-state index in [0.717, 1.165) is 36.6 Å². The third kappa shape index (κ3) is 4.50. The number of likely N-dealkylation sites (tertiary alicyclic amines) is 1. The molecule has 23 heavy (non-hydrogen) atoms. The molecule has 2 aromatic carbocycles. The van der Waals surface area contributed by atoms with E-state index < -0.39 is 5.97 Å². The normalized spacial score (nSPS) is 18.2. The number of nitrogens with zero attached hydrogens (tertiary/aromatic N) is 1. The molecule has 0 aliphatic carbocycles. The zero-order valence-electron chi connectivity index (χ0n) is 12.6. The maximum absolute atomic E-state index is 10.9. The van der Waals surface area contributed by atoms with Crippen LogP contribution in [0.25, 0.3) is 0 Å². The van der Waals surface area contributed by atoms with Gasteiger partial charge in [0, 0.05) is 28.3 Å². The van der Waals surface area contributed by atoms with Crippen molar-refractivity contribution in [3.8, 4) is 0 Å². The quantitative estimate of drug-likeness (QED) is 0.870. The van der Waals surface area contributed by atoms with E-state index in [4.69, 9.17) is 16.7 Å². The monoisotopic (exact) mass is 347 g/mol. The molecule has 1 unspecified atom stereocenters. The Kier molecular flexibility index (Phi) is 5.26. The number of carboxylic acid groups (broad SMARTS) is 1. The van der Waals surface area contributed by atoms with Crippen molar-refractivity contribution in [1.29, 1.82) is 0 Å². The smallest absolute Gasteiger partial charge is 0.335 e. The Bertz CT molecular complexity index is 690. The maximum atomic E-state index is 10.9. The molecule has 120 valence electrons. The van der Waals surface area contributed by atoms with Crippen LogP contribution in [-0.4, -0.2) is 34.3 Å². The molecule has 2 aromatic rings. The summed E-state index contributed by atoms with van der Waals surface area (Å²) in [4.78, 5) is 14.5. The van der Waals surface area contributed by atoms with E-state index in [-0.39, 0.29) is 0 Å². The van der Waals surface area contributed by atoms with Crippen molar-refractivity contribution in [3.63, 3.8) is 0 Å². The Labute approximate surface area is 145 Å². The molecule has 0 radical (unpaired) electrons. The second kappa shape index (κ2) is 7.39. The predicted molar refractivity (Wildman–Crippen MR) is 94.4 cm³/mol. The molecule has 0 saturated carbocycles. The molecule has 1 N–H and O–H groups in total. The van der Waals surface area contributed by atoms with Crippen molar-refractivity contribution < 1.29 is 9.90 Å². The van der Waals surface area contributed by atoms with Gasteiger partial charge in [-0.15, -0.1) is 11.8 Å². The second-order valence-electron chi connectivity index (χ2n) is 5.72. The number of rotatable bonds is 5. The molecule has 1 saturated heterocycles. The fourth-order valence-corrected chi connectivity index (χ4v) is 4.28. The largest absolute Gasteiger partial charge is 0.478 e. The van der Waals surface area contributed by atoms with Crippen LogP contribution in [0.5, 0.6) is 0 Å². The Morgan fingerprint density at radius 1 is 1.26 bits per heavy atom. The van der Waals surface area contributed by atoms with Crippen LogP contribution in [0.1, 0.15) is 22.3 Å². The van der Waals surface area contributed by atoms with Gasteiger partial charge in [-0.05, 0) is 48.9 Å². The summed E-state index contributed by atoms with van der Waals surface area (Å²) >= 11 is 7.92. The van der Waals surface area contributed by atoms with Gasteiger partial charge >= 0.3 is 5.97 Å². The lowest BCUT2D eigenvalue weighted by Crippen LogP contribution is -2.20. The summed E-state index contributed by atoms with van der Waals surface area (Å²) in [5, 5.41) is 10.3. The predicted octanol–water partition coefficient (Wildman–Crippen LogP) is 4.40. The number of benzene rings is 2. The number of aromatic carboxylic acids is 1. The van der Waals surface area contributed by atoms with Gasteiger partial charge in [0.15, 0.2) is 0 Å². The minimum atomic E-state index is -0.879. The fourth-order valence-electron chi connectivity index (χ4n) is 2.78. The van der Waals surface area contributed by atoms with Crippen LogP contribution in [0.2, 0.25) is 5.02 Å². The van der Waals surface area contributed by atoms with Gasteiger partial charge in [0.2, 0.25) is 0 Å². The molecular formula is C18H18ClNO2S. The number of hydrogen-bond acceptors (Lipinski definition) is 3. The first kappa shape index (κ1) is 16.4. The molecule has 3 rings (SSSR count). The van der Waals surface area contributed by atoms with E-state index in [9.17, 15) is 4.79 Å². The van der Waals surface area contributed by atoms with Crippen molar-refractivity contribution in [2.75, 3.05) is 13.1 Å². The number of carbonyl (C=O) groups is 1. The highest BCUT2D eigenvalue weighted by Crippen LogP contribution is 2.31. The molecule has 0 spiro atoms. The van der Waals surface area contributed by atoms with Crippen LogP contribution in [0.3, 0.4) is 0 Å². The van der Waals surface area contributed by atoms with Gasteiger partial charge in [-0.1, -0.05) is 29.8 Å². The highest BCUT2D eigenvalue weighted by molar-refractivity contribution is 8.00. The zero-order valence-corrected chi connectivity index (χ0v) is 14.2. The van der Waals surface area contributed by atoms with E-state index in [1.807, 2.05) is 42.1 Å². The van der Waals surface area contributed by atoms with E-state index in [2.05, 4.69) is 11.0 Å². The lowest BCUT2D eigenvalue weighted by atomic mass is 10.1. The molecule has 0 aromatic heterocycles. The van der Waals surface area contributed by atoms with E-state index in [1.54, 1.807) is 12.1 Å². The molecule has 1 fully saturated rings. The average Bonchev–Trinajstić information content (AvgIpc) is 2.95. The number of carboxylic acids is 1. The molecule has 1 heterocycles. The molecule has 1 atom stereocenters. The van der Waals surface area contributed by atoms with Crippen LogP contribution in [0.4, 0.5) is 0 Å². The van der Waals surface area contributed by atoms with Gasteiger partial charge in [0.25, 0.3) is 0 Å². The van der Waals surface area contributed by atoms with Crippen molar-refractivity contribution in [2.45, 2.75) is 23.1 Å². The highest BCUT2D eigenvalue weighted by Gasteiger charge is 2.23. The number of thioether (sulfide) groups is 1. The molecule has 0 bridgehead atoms. The van der Waals surface area contributed by atoms with E-state index in [0.29, 0.717) is 10.8 Å². The molecule has 1 aliphatic heterocycles. The average molecular weight is 348 g/mol. The van der Waals surface area contributed by atoms with Gasteiger partial charge in [-0.3, -0.25) is 4.90 Å². The number of halogens is 1. The molecule has 5 heteroatoms. The minimum absolute atomic E-state index is 0.338. The zero-order chi connectivity index (χ0) is 16.2. The lowest BCUT2D eigenvalue weighted by molar-refractivity contribution is 0.0697. The number of hydrogen-bond donors (Lipinski definition) is 1. The second-order valence-corrected chi connectivity index (χ2v) is 7.53.